The Morgan fingerprint density at radius 1 is 1.40 bits per heavy atom. The largest absolute Gasteiger partial charge is 0.476 e. The first-order valence-electron chi connectivity index (χ1n) is 5.10. The monoisotopic (exact) mass is 211 g/mol. The predicted octanol–water partition coefficient (Wildman–Crippen LogP) is 1.76. The number of carboxylic acids is 1. The lowest BCUT2D eigenvalue weighted by atomic mass is 10.1. The number of aromatic carboxylic acids is 1. The van der Waals surface area contributed by atoms with Crippen molar-refractivity contribution < 1.29 is 9.90 Å². The lowest BCUT2D eigenvalue weighted by molar-refractivity contribution is 0.0689. The molecule has 0 radical (unpaired) electrons. The van der Waals surface area contributed by atoms with Crippen molar-refractivity contribution in [3.8, 4) is 0 Å². The Bertz CT molecular complexity index is 356. The zero-order valence-electron chi connectivity index (χ0n) is 9.56. The summed E-state index contributed by atoms with van der Waals surface area (Å²) in [5, 5.41) is 16.5. The molecule has 0 saturated carbocycles. The highest BCUT2D eigenvalue weighted by Gasteiger charge is 2.20. The standard InChI is InChI=1S/C10H17N3O2/c1-6(2)5-8-9(10(14)15)11-12-13(8)7(3)4/h6-7H,5H2,1-4H3,(H,14,15). The summed E-state index contributed by atoms with van der Waals surface area (Å²) in [6, 6.07) is 0.138. The molecule has 1 heterocycles. The van der Waals surface area contributed by atoms with Gasteiger partial charge in [0.25, 0.3) is 0 Å². The number of rotatable bonds is 4. The van der Waals surface area contributed by atoms with Gasteiger partial charge in [-0.1, -0.05) is 19.1 Å². The fourth-order valence-corrected chi connectivity index (χ4v) is 1.47. The van der Waals surface area contributed by atoms with Gasteiger partial charge in [-0.25, -0.2) is 9.48 Å². The summed E-state index contributed by atoms with van der Waals surface area (Å²) in [5.41, 5.74) is 0.796. The summed E-state index contributed by atoms with van der Waals surface area (Å²) in [7, 11) is 0. The molecule has 5 nitrogen and oxygen atoms in total. The number of hydrogen-bond donors (Lipinski definition) is 1. The lowest BCUT2D eigenvalue weighted by Gasteiger charge is -2.11. The molecule has 5 heteroatoms. The van der Waals surface area contributed by atoms with E-state index in [4.69, 9.17) is 5.11 Å². The van der Waals surface area contributed by atoms with E-state index in [1.54, 1.807) is 4.68 Å². The second kappa shape index (κ2) is 4.42. The van der Waals surface area contributed by atoms with Gasteiger partial charge in [0.2, 0.25) is 0 Å². The van der Waals surface area contributed by atoms with Gasteiger partial charge in [0.1, 0.15) is 0 Å². The Labute approximate surface area is 89.1 Å². The summed E-state index contributed by atoms with van der Waals surface area (Å²) in [5.74, 6) is -0.614. The molecule has 0 spiro atoms. The minimum absolute atomic E-state index is 0.0809. The molecule has 0 saturated heterocycles. The van der Waals surface area contributed by atoms with Gasteiger partial charge in [-0.2, -0.15) is 0 Å². The number of carboxylic acid groups (broad SMARTS) is 1. The van der Waals surface area contributed by atoms with Crippen LogP contribution in [0.2, 0.25) is 0 Å². The number of hydrogen-bond acceptors (Lipinski definition) is 3. The van der Waals surface area contributed by atoms with Crippen molar-refractivity contribution in [3.63, 3.8) is 0 Å². The van der Waals surface area contributed by atoms with Crippen molar-refractivity contribution >= 4 is 5.97 Å². The van der Waals surface area contributed by atoms with E-state index in [1.807, 2.05) is 27.7 Å². The van der Waals surface area contributed by atoms with E-state index in [9.17, 15) is 4.79 Å². The molecule has 0 aromatic carbocycles. The molecular weight excluding hydrogens is 194 g/mol. The maximum absolute atomic E-state index is 10.9. The van der Waals surface area contributed by atoms with Crippen molar-refractivity contribution in [2.45, 2.75) is 40.2 Å². The van der Waals surface area contributed by atoms with Crippen LogP contribution in [-0.2, 0) is 6.42 Å². The first-order chi connectivity index (χ1) is 6.93. The fraction of sp³-hybridized carbons (Fsp3) is 0.700. The molecule has 1 aromatic heterocycles. The van der Waals surface area contributed by atoms with Crippen LogP contribution in [0.3, 0.4) is 0 Å². The third-order valence-corrected chi connectivity index (χ3v) is 2.08. The third kappa shape index (κ3) is 2.55. The van der Waals surface area contributed by atoms with Crippen molar-refractivity contribution in [2.75, 3.05) is 0 Å². The summed E-state index contributed by atoms with van der Waals surface area (Å²) in [6.07, 6.45) is 0.687. The van der Waals surface area contributed by atoms with E-state index >= 15 is 0 Å². The average Bonchev–Trinajstić information content (AvgIpc) is 2.46. The molecule has 0 atom stereocenters. The topological polar surface area (TPSA) is 68.0 Å². The van der Waals surface area contributed by atoms with Gasteiger partial charge >= 0.3 is 5.97 Å². The van der Waals surface area contributed by atoms with Crippen LogP contribution in [0.5, 0.6) is 0 Å². The third-order valence-electron chi connectivity index (χ3n) is 2.08. The summed E-state index contributed by atoms with van der Waals surface area (Å²) in [6.45, 7) is 8.01. The number of nitrogens with zero attached hydrogens (tertiary/aromatic N) is 3. The average molecular weight is 211 g/mol. The van der Waals surface area contributed by atoms with E-state index in [0.29, 0.717) is 18.0 Å². The van der Waals surface area contributed by atoms with Crippen LogP contribution in [0.25, 0.3) is 0 Å². The molecule has 0 aliphatic rings. The molecule has 84 valence electrons. The van der Waals surface area contributed by atoms with Crippen LogP contribution in [-0.4, -0.2) is 26.1 Å². The summed E-state index contributed by atoms with van der Waals surface area (Å²) < 4.78 is 1.68. The molecule has 0 aliphatic carbocycles. The Morgan fingerprint density at radius 3 is 2.40 bits per heavy atom. The van der Waals surface area contributed by atoms with Gasteiger partial charge in [-0.3, -0.25) is 0 Å². The highest BCUT2D eigenvalue weighted by Crippen LogP contribution is 2.15. The summed E-state index contributed by atoms with van der Waals surface area (Å²) in [4.78, 5) is 10.9. The van der Waals surface area contributed by atoms with E-state index in [-0.39, 0.29) is 11.7 Å². The Balaban J connectivity index is 3.14. The number of carbonyl (C=O) groups is 1. The smallest absolute Gasteiger partial charge is 0.358 e. The normalized spacial score (nSPS) is 11.3. The maximum atomic E-state index is 10.9. The molecule has 1 rings (SSSR count). The van der Waals surface area contributed by atoms with Crippen LogP contribution in [0.1, 0.15) is 49.9 Å². The molecule has 15 heavy (non-hydrogen) atoms. The highest BCUT2D eigenvalue weighted by molar-refractivity contribution is 5.86. The van der Waals surface area contributed by atoms with Crippen LogP contribution in [0.15, 0.2) is 0 Å². The zero-order valence-corrected chi connectivity index (χ0v) is 9.56. The molecule has 0 aliphatic heterocycles. The second-order valence-corrected chi connectivity index (χ2v) is 4.33. The zero-order chi connectivity index (χ0) is 11.6. The molecule has 1 aromatic rings. The highest BCUT2D eigenvalue weighted by atomic mass is 16.4. The molecule has 0 amide bonds. The first-order valence-corrected chi connectivity index (χ1v) is 5.10. The van der Waals surface area contributed by atoms with Crippen molar-refractivity contribution in [2.24, 2.45) is 5.92 Å². The lowest BCUT2D eigenvalue weighted by Crippen LogP contribution is -2.12. The first kappa shape index (κ1) is 11.7. The molecule has 0 fully saturated rings. The van der Waals surface area contributed by atoms with E-state index in [2.05, 4.69) is 10.3 Å². The van der Waals surface area contributed by atoms with Crippen molar-refractivity contribution in [1.29, 1.82) is 0 Å². The summed E-state index contributed by atoms with van der Waals surface area (Å²) >= 11 is 0. The van der Waals surface area contributed by atoms with E-state index in [0.717, 1.165) is 0 Å². The quantitative estimate of drug-likeness (QED) is 0.823. The molecule has 1 N–H and O–H groups in total. The van der Waals surface area contributed by atoms with Gasteiger partial charge in [0, 0.05) is 6.04 Å². The Morgan fingerprint density at radius 2 is 2.00 bits per heavy atom. The van der Waals surface area contributed by atoms with Gasteiger partial charge in [-0.15, -0.1) is 5.10 Å². The SMILES string of the molecule is CC(C)Cc1c(C(=O)O)nnn1C(C)C. The molecule has 0 unspecified atom stereocenters. The molecule has 0 bridgehead atoms. The van der Waals surface area contributed by atoms with Crippen molar-refractivity contribution in [3.05, 3.63) is 11.4 Å². The minimum atomic E-state index is -1.00. The van der Waals surface area contributed by atoms with Gasteiger partial charge in [-0.05, 0) is 26.2 Å². The van der Waals surface area contributed by atoms with Crippen LogP contribution >= 0.6 is 0 Å². The van der Waals surface area contributed by atoms with E-state index < -0.39 is 5.97 Å². The Kier molecular flexibility index (Phi) is 3.44. The number of aromatic nitrogens is 3. The minimum Gasteiger partial charge on any atom is -0.476 e. The van der Waals surface area contributed by atoms with Crippen LogP contribution in [0, 0.1) is 5.92 Å². The van der Waals surface area contributed by atoms with Gasteiger partial charge in [0.05, 0.1) is 5.69 Å². The van der Waals surface area contributed by atoms with Gasteiger partial charge in [0.15, 0.2) is 5.69 Å². The second-order valence-electron chi connectivity index (χ2n) is 4.33. The van der Waals surface area contributed by atoms with Crippen LogP contribution in [0.4, 0.5) is 0 Å². The van der Waals surface area contributed by atoms with Crippen molar-refractivity contribution in [1.82, 2.24) is 15.0 Å². The predicted molar refractivity (Wildman–Crippen MR) is 55.9 cm³/mol. The van der Waals surface area contributed by atoms with Gasteiger partial charge < -0.3 is 5.11 Å². The van der Waals surface area contributed by atoms with E-state index in [1.165, 1.54) is 0 Å². The van der Waals surface area contributed by atoms with Crippen LogP contribution < -0.4 is 0 Å². The Hall–Kier alpha value is -1.39. The molecular formula is C10H17N3O2. The maximum Gasteiger partial charge on any atom is 0.358 e. The fourth-order valence-electron chi connectivity index (χ4n) is 1.47.